The van der Waals surface area contributed by atoms with Gasteiger partial charge < -0.3 is 9.47 Å². The zero-order valence-corrected chi connectivity index (χ0v) is 11.2. The van der Waals surface area contributed by atoms with Crippen molar-refractivity contribution in [2.45, 2.75) is 38.4 Å². The summed E-state index contributed by atoms with van der Waals surface area (Å²) in [6.07, 6.45) is 5.77. The first kappa shape index (κ1) is 13.2. The van der Waals surface area contributed by atoms with Crippen LogP contribution in [0.15, 0.2) is 29.3 Å². The lowest BCUT2D eigenvalue weighted by atomic mass is 9.98. The van der Waals surface area contributed by atoms with Crippen LogP contribution < -0.4 is 0 Å². The Kier molecular flexibility index (Phi) is 4.90. The number of ether oxygens (including phenoxy) is 2. The third kappa shape index (κ3) is 3.18. The fraction of sp³-hybridized carbons (Fsp3) is 0.533. The topological polar surface area (TPSA) is 30.8 Å². The Morgan fingerprint density at radius 1 is 1.00 bits per heavy atom. The van der Waals surface area contributed by atoms with E-state index in [9.17, 15) is 0 Å². The van der Waals surface area contributed by atoms with Gasteiger partial charge in [0.05, 0.1) is 5.69 Å². The molecule has 0 unspecified atom stereocenters. The number of hydrogen-bond donors (Lipinski definition) is 0. The first-order valence-corrected chi connectivity index (χ1v) is 6.56. The summed E-state index contributed by atoms with van der Waals surface area (Å²) in [5, 5.41) is 0. The average Bonchev–Trinajstić information content (AvgIpc) is 2.43. The van der Waals surface area contributed by atoms with E-state index in [1.54, 1.807) is 14.2 Å². The highest BCUT2D eigenvalue weighted by Gasteiger charge is 2.14. The molecule has 1 aromatic rings. The van der Waals surface area contributed by atoms with Crippen molar-refractivity contribution in [3.05, 3.63) is 29.8 Å². The third-order valence-electron chi connectivity index (χ3n) is 3.33. The SMILES string of the molecule is COC(OC)c1ccccc1N=C1CCCCC1. The maximum atomic E-state index is 5.32. The third-order valence-corrected chi connectivity index (χ3v) is 3.33. The van der Waals surface area contributed by atoms with Gasteiger partial charge in [0.2, 0.25) is 0 Å². The highest BCUT2D eigenvalue weighted by molar-refractivity contribution is 5.87. The zero-order valence-electron chi connectivity index (χ0n) is 11.2. The molecular weight excluding hydrogens is 226 g/mol. The number of hydrogen-bond acceptors (Lipinski definition) is 3. The molecule has 3 heteroatoms. The maximum absolute atomic E-state index is 5.32. The number of aliphatic imine (C=N–C) groups is 1. The number of rotatable bonds is 4. The van der Waals surface area contributed by atoms with Gasteiger partial charge >= 0.3 is 0 Å². The Hall–Kier alpha value is -1.19. The van der Waals surface area contributed by atoms with Crippen molar-refractivity contribution < 1.29 is 9.47 Å². The molecule has 0 N–H and O–H groups in total. The van der Waals surface area contributed by atoms with E-state index in [1.807, 2.05) is 24.3 Å². The normalized spacial score (nSPS) is 16.1. The summed E-state index contributed by atoms with van der Waals surface area (Å²) in [6.45, 7) is 0. The van der Waals surface area contributed by atoms with E-state index in [-0.39, 0.29) is 6.29 Å². The van der Waals surface area contributed by atoms with Crippen molar-refractivity contribution in [1.82, 2.24) is 0 Å². The van der Waals surface area contributed by atoms with Gasteiger partial charge in [-0.3, -0.25) is 4.99 Å². The van der Waals surface area contributed by atoms with Crippen molar-refractivity contribution in [3.8, 4) is 0 Å². The lowest BCUT2D eigenvalue weighted by molar-refractivity contribution is -0.105. The van der Waals surface area contributed by atoms with Crippen LogP contribution in [-0.2, 0) is 9.47 Å². The molecule has 0 heterocycles. The Labute approximate surface area is 109 Å². The Bertz CT molecular complexity index is 403. The van der Waals surface area contributed by atoms with E-state index >= 15 is 0 Å². The molecule has 1 aliphatic carbocycles. The molecule has 0 spiro atoms. The monoisotopic (exact) mass is 247 g/mol. The van der Waals surface area contributed by atoms with Crippen LogP contribution in [0, 0.1) is 0 Å². The van der Waals surface area contributed by atoms with Crippen LogP contribution in [0.3, 0.4) is 0 Å². The van der Waals surface area contributed by atoms with Crippen LogP contribution in [0.5, 0.6) is 0 Å². The lowest BCUT2D eigenvalue weighted by Gasteiger charge is -2.17. The van der Waals surface area contributed by atoms with Gasteiger partial charge in [-0.05, 0) is 31.7 Å². The predicted molar refractivity (Wildman–Crippen MR) is 73.4 cm³/mol. The second-order valence-corrected chi connectivity index (χ2v) is 4.60. The molecule has 1 fully saturated rings. The van der Waals surface area contributed by atoms with Crippen LogP contribution in [0.4, 0.5) is 5.69 Å². The van der Waals surface area contributed by atoms with E-state index < -0.39 is 0 Å². The summed E-state index contributed by atoms with van der Waals surface area (Å²) in [7, 11) is 3.30. The van der Waals surface area contributed by atoms with Crippen molar-refractivity contribution in [1.29, 1.82) is 0 Å². The van der Waals surface area contributed by atoms with Gasteiger partial charge in [0, 0.05) is 25.5 Å². The standard InChI is InChI=1S/C15H21NO2/c1-17-15(18-2)13-10-6-7-11-14(13)16-12-8-4-3-5-9-12/h6-7,10-11,15H,3-5,8-9H2,1-2H3. The molecule has 0 aromatic heterocycles. The highest BCUT2D eigenvalue weighted by Crippen LogP contribution is 2.29. The van der Waals surface area contributed by atoms with Gasteiger partial charge in [0.1, 0.15) is 0 Å². The van der Waals surface area contributed by atoms with Crippen LogP contribution in [-0.4, -0.2) is 19.9 Å². The molecule has 1 aromatic carbocycles. The molecule has 0 saturated heterocycles. The molecule has 0 bridgehead atoms. The summed E-state index contributed by atoms with van der Waals surface area (Å²) in [5.41, 5.74) is 3.28. The fourth-order valence-electron chi connectivity index (χ4n) is 2.38. The quantitative estimate of drug-likeness (QED) is 0.752. The predicted octanol–water partition coefficient (Wildman–Crippen LogP) is 4.01. The molecule has 98 valence electrons. The van der Waals surface area contributed by atoms with Crippen LogP contribution in [0.1, 0.15) is 44.0 Å². The molecule has 0 atom stereocenters. The number of methoxy groups -OCH3 is 2. The van der Waals surface area contributed by atoms with E-state index in [4.69, 9.17) is 14.5 Å². The Morgan fingerprint density at radius 3 is 2.33 bits per heavy atom. The van der Waals surface area contributed by atoms with Gasteiger partial charge in [-0.2, -0.15) is 0 Å². The molecular formula is C15H21NO2. The highest BCUT2D eigenvalue weighted by atomic mass is 16.7. The Morgan fingerprint density at radius 2 is 1.67 bits per heavy atom. The zero-order chi connectivity index (χ0) is 12.8. The van der Waals surface area contributed by atoms with Crippen molar-refractivity contribution >= 4 is 11.4 Å². The minimum absolute atomic E-state index is 0.339. The van der Waals surface area contributed by atoms with E-state index in [2.05, 4.69) is 0 Å². The second-order valence-electron chi connectivity index (χ2n) is 4.60. The van der Waals surface area contributed by atoms with E-state index in [0.717, 1.165) is 24.1 Å². The van der Waals surface area contributed by atoms with E-state index in [0.29, 0.717) is 0 Å². The molecule has 0 radical (unpaired) electrons. The fourth-order valence-corrected chi connectivity index (χ4v) is 2.38. The number of benzene rings is 1. The lowest BCUT2D eigenvalue weighted by Crippen LogP contribution is -2.06. The molecule has 2 rings (SSSR count). The molecule has 1 saturated carbocycles. The minimum atomic E-state index is -0.339. The average molecular weight is 247 g/mol. The second kappa shape index (κ2) is 6.66. The van der Waals surface area contributed by atoms with Crippen LogP contribution in [0.2, 0.25) is 0 Å². The molecule has 18 heavy (non-hydrogen) atoms. The van der Waals surface area contributed by atoms with Crippen molar-refractivity contribution in [3.63, 3.8) is 0 Å². The molecule has 0 aliphatic heterocycles. The number of nitrogens with zero attached hydrogens (tertiary/aromatic N) is 1. The largest absolute Gasteiger partial charge is 0.352 e. The Balaban J connectivity index is 2.26. The van der Waals surface area contributed by atoms with Gasteiger partial charge in [-0.15, -0.1) is 0 Å². The minimum Gasteiger partial charge on any atom is -0.352 e. The number of para-hydroxylation sites is 1. The van der Waals surface area contributed by atoms with E-state index in [1.165, 1.54) is 25.0 Å². The molecule has 0 amide bonds. The summed E-state index contributed by atoms with van der Waals surface area (Å²) >= 11 is 0. The molecule has 1 aliphatic rings. The first-order valence-electron chi connectivity index (χ1n) is 6.56. The first-order chi connectivity index (χ1) is 8.85. The summed E-state index contributed by atoms with van der Waals surface area (Å²) in [4.78, 5) is 4.79. The summed E-state index contributed by atoms with van der Waals surface area (Å²) in [6, 6.07) is 8.04. The smallest absolute Gasteiger partial charge is 0.185 e. The van der Waals surface area contributed by atoms with Crippen LogP contribution >= 0.6 is 0 Å². The van der Waals surface area contributed by atoms with Crippen LogP contribution in [0.25, 0.3) is 0 Å². The summed E-state index contributed by atoms with van der Waals surface area (Å²) < 4.78 is 10.6. The summed E-state index contributed by atoms with van der Waals surface area (Å²) in [5.74, 6) is 0. The van der Waals surface area contributed by atoms with Gasteiger partial charge in [-0.1, -0.05) is 24.6 Å². The molecule has 3 nitrogen and oxygen atoms in total. The van der Waals surface area contributed by atoms with Gasteiger partial charge in [-0.25, -0.2) is 0 Å². The van der Waals surface area contributed by atoms with Gasteiger partial charge in [0.25, 0.3) is 0 Å². The maximum Gasteiger partial charge on any atom is 0.185 e. The van der Waals surface area contributed by atoms with Crippen molar-refractivity contribution in [2.75, 3.05) is 14.2 Å². The van der Waals surface area contributed by atoms with Gasteiger partial charge in [0.15, 0.2) is 6.29 Å². The van der Waals surface area contributed by atoms with Crippen molar-refractivity contribution in [2.24, 2.45) is 4.99 Å².